The minimum Gasteiger partial charge on any atom is -0.460 e. The fraction of sp³-hybridized carbons (Fsp3) is 0.250. The molecule has 6 heteroatoms. The average Bonchev–Trinajstić information content (AvgIpc) is 2.62. The van der Waals surface area contributed by atoms with E-state index in [1.165, 1.54) is 17.1 Å². The van der Waals surface area contributed by atoms with Gasteiger partial charge in [0.2, 0.25) is 0 Å². The summed E-state index contributed by atoms with van der Waals surface area (Å²) >= 11 is 0. The number of hydrogen-bond acceptors (Lipinski definition) is 5. The maximum Gasteiger partial charge on any atom is 0.328 e. The lowest BCUT2D eigenvalue weighted by Gasteiger charge is -2.00. The van der Waals surface area contributed by atoms with E-state index in [4.69, 9.17) is 10.00 Å². The third-order valence-corrected chi connectivity index (χ3v) is 1.29. The molecule has 0 unspecified atom stereocenters. The van der Waals surface area contributed by atoms with Crippen molar-refractivity contribution < 1.29 is 9.53 Å². The quantitative estimate of drug-likeness (QED) is 0.490. The van der Waals surface area contributed by atoms with E-state index in [-0.39, 0.29) is 19.0 Å². The van der Waals surface area contributed by atoms with Gasteiger partial charge < -0.3 is 4.74 Å². The first-order chi connectivity index (χ1) is 6.76. The van der Waals surface area contributed by atoms with Crippen LogP contribution in [0.15, 0.2) is 19.0 Å². The van der Waals surface area contributed by atoms with Gasteiger partial charge in [-0.1, -0.05) is 12.7 Å². The molecule has 0 saturated heterocycles. The molecule has 72 valence electrons. The molecular weight excluding hydrogens is 184 g/mol. The highest BCUT2D eigenvalue weighted by Crippen LogP contribution is 1.89. The van der Waals surface area contributed by atoms with Crippen molar-refractivity contribution in [1.29, 1.82) is 5.26 Å². The molecule has 0 aliphatic rings. The molecule has 14 heavy (non-hydrogen) atoms. The summed E-state index contributed by atoms with van der Waals surface area (Å²) in [4.78, 5) is 14.7. The van der Waals surface area contributed by atoms with Crippen LogP contribution in [0.25, 0.3) is 0 Å². The van der Waals surface area contributed by atoms with Gasteiger partial charge in [0, 0.05) is 0 Å². The zero-order chi connectivity index (χ0) is 10.4. The number of hydrogen-bond donors (Lipinski definition) is 0. The Kier molecular flexibility index (Phi) is 3.38. The molecule has 0 aliphatic heterocycles. The Balaban J connectivity index is 2.48. The van der Waals surface area contributed by atoms with Crippen LogP contribution >= 0.6 is 0 Å². The molecular formula is C8H8N4O2. The highest BCUT2D eigenvalue weighted by Gasteiger charge is 2.05. The molecule has 0 atom stereocenters. The van der Waals surface area contributed by atoms with Crippen LogP contribution in [0.4, 0.5) is 0 Å². The molecule has 0 spiro atoms. The van der Waals surface area contributed by atoms with Gasteiger partial charge in [0.15, 0.2) is 0 Å². The van der Waals surface area contributed by atoms with E-state index in [0.29, 0.717) is 0 Å². The van der Waals surface area contributed by atoms with Gasteiger partial charge in [-0.25, -0.2) is 9.67 Å². The SMILES string of the molecule is C=CCOC(=O)Cn1cnc(C#N)n1. The second-order valence-electron chi connectivity index (χ2n) is 2.35. The molecule has 0 saturated carbocycles. The number of carbonyl (C=O) groups is 1. The van der Waals surface area contributed by atoms with E-state index in [1.807, 2.05) is 0 Å². The zero-order valence-electron chi connectivity index (χ0n) is 7.38. The average molecular weight is 192 g/mol. The summed E-state index contributed by atoms with van der Waals surface area (Å²) in [7, 11) is 0. The van der Waals surface area contributed by atoms with Gasteiger partial charge >= 0.3 is 5.97 Å². The number of nitriles is 1. The summed E-state index contributed by atoms with van der Waals surface area (Å²) in [6.45, 7) is 3.51. The largest absolute Gasteiger partial charge is 0.460 e. The van der Waals surface area contributed by atoms with Crippen molar-refractivity contribution in [1.82, 2.24) is 14.8 Å². The summed E-state index contributed by atoms with van der Waals surface area (Å²) in [5.74, 6) is -0.416. The Morgan fingerprint density at radius 2 is 2.64 bits per heavy atom. The molecule has 0 aliphatic carbocycles. The fourth-order valence-electron chi connectivity index (χ4n) is 0.752. The summed E-state index contributed by atoms with van der Waals surface area (Å²) < 4.78 is 5.95. The molecule has 0 fully saturated rings. The lowest BCUT2D eigenvalue weighted by Crippen LogP contribution is -2.14. The normalized spacial score (nSPS) is 9.07. The number of rotatable bonds is 4. The van der Waals surface area contributed by atoms with Gasteiger partial charge in [-0.3, -0.25) is 4.79 Å². The van der Waals surface area contributed by atoms with Gasteiger partial charge in [-0.2, -0.15) is 5.26 Å². The number of esters is 1. The predicted octanol–water partition coefficient (Wildman–Crippen LogP) is -0.121. The van der Waals surface area contributed by atoms with E-state index in [9.17, 15) is 4.79 Å². The summed E-state index contributed by atoms with van der Waals surface area (Å²) in [5, 5.41) is 12.1. The number of aromatic nitrogens is 3. The third kappa shape index (κ3) is 2.71. The molecule has 0 amide bonds. The van der Waals surface area contributed by atoms with Crippen LogP contribution in [0.2, 0.25) is 0 Å². The van der Waals surface area contributed by atoms with E-state index in [1.54, 1.807) is 6.07 Å². The molecule has 1 aromatic rings. The Labute approximate surface area is 80.4 Å². The van der Waals surface area contributed by atoms with Gasteiger partial charge in [0.25, 0.3) is 5.82 Å². The van der Waals surface area contributed by atoms with Crippen LogP contribution in [0.3, 0.4) is 0 Å². The van der Waals surface area contributed by atoms with E-state index in [0.717, 1.165) is 0 Å². The molecule has 0 N–H and O–H groups in total. The minimum atomic E-state index is -0.445. The van der Waals surface area contributed by atoms with Gasteiger partial charge in [-0.05, 0) is 0 Å². The number of nitrogens with zero attached hydrogens (tertiary/aromatic N) is 4. The molecule has 0 radical (unpaired) electrons. The van der Waals surface area contributed by atoms with Crippen molar-refractivity contribution in [3.63, 3.8) is 0 Å². The smallest absolute Gasteiger partial charge is 0.328 e. The third-order valence-electron chi connectivity index (χ3n) is 1.29. The van der Waals surface area contributed by atoms with E-state index < -0.39 is 5.97 Å². The summed E-state index contributed by atoms with van der Waals surface area (Å²) in [6.07, 6.45) is 2.77. The first kappa shape index (κ1) is 9.92. The Morgan fingerprint density at radius 3 is 3.21 bits per heavy atom. The van der Waals surface area contributed by atoms with Gasteiger partial charge in [-0.15, -0.1) is 5.10 Å². The lowest BCUT2D eigenvalue weighted by molar-refractivity contribution is -0.143. The van der Waals surface area contributed by atoms with Crippen LogP contribution in [-0.2, 0) is 16.1 Å². The Bertz CT molecular complexity index is 377. The van der Waals surface area contributed by atoms with Crippen molar-refractivity contribution in [2.45, 2.75) is 6.54 Å². The lowest BCUT2D eigenvalue weighted by atomic mass is 10.6. The number of ether oxygens (including phenoxy) is 1. The van der Waals surface area contributed by atoms with E-state index >= 15 is 0 Å². The van der Waals surface area contributed by atoms with Crippen LogP contribution in [0.5, 0.6) is 0 Å². The van der Waals surface area contributed by atoms with Crippen molar-refractivity contribution in [3.05, 3.63) is 24.8 Å². The zero-order valence-corrected chi connectivity index (χ0v) is 7.38. The molecule has 1 aromatic heterocycles. The standard InChI is InChI=1S/C8H8N4O2/c1-2-3-14-8(13)5-12-6-10-7(4-9)11-12/h2,6H,1,3,5H2. The maximum absolute atomic E-state index is 11.0. The molecule has 6 nitrogen and oxygen atoms in total. The Morgan fingerprint density at radius 1 is 1.86 bits per heavy atom. The summed E-state index contributed by atoms with van der Waals surface area (Å²) in [5.41, 5.74) is 0. The highest BCUT2D eigenvalue weighted by atomic mass is 16.5. The van der Waals surface area contributed by atoms with Crippen molar-refractivity contribution >= 4 is 5.97 Å². The van der Waals surface area contributed by atoms with Crippen molar-refractivity contribution in [2.75, 3.05) is 6.61 Å². The first-order valence-electron chi connectivity index (χ1n) is 3.82. The Hall–Kier alpha value is -2.16. The van der Waals surface area contributed by atoms with Gasteiger partial charge in [0.1, 0.15) is 25.5 Å². The topological polar surface area (TPSA) is 80.8 Å². The van der Waals surface area contributed by atoms with Crippen molar-refractivity contribution in [3.8, 4) is 6.07 Å². The van der Waals surface area contributed by atoms with Crippen LogP contribution in [0.1, 0.15) is 5.82 Å². The predicted molar refractivity (Wildman–Crippen MR) is 45.9 cm³/mol. The molecule has 0 aromatic carbocycles. The monoisotopic (exact) mass is 192 g/mol. The number of carbonyl (C=O) groups excluding carboxylic acids is 1. The maximum atomic E-state index is 11.0. The second kappa shape index (κ2) is 4.77. The highest BCUT2D eigenvalue weighted by molar-refractivity contribution is 5.69. The fourth-order valence-corrected chi connectivity index (χ4v) is 0.752. The van der Waals surface area contributed by atoms with E-state index in [2.05, 4.69) is 16.7 Å². The molecule has 1 rings (SSSR count). The molecule has 0 bridgehead atoms. The van der Waals surface area contributed by atoms with Crippen molar-refractivity contribution in [2.24, 2.45) is 0 Å². The summed E-state index contributed by atoms with van der Waals surface area (Å²) in [6, 6.07) is 1.75. The van der Waals surface area contributed by atoms with Gasteiger partial charge in [0.05, 0.1) is 0 Å². The molecule has 1 heterocycles. The van der Waals surface area contributed by atoms with Crippen LogP contribution in [-0.4, -0.2) is 27.3 Å². The first-order valence-corrected chi connectivity index (χ1v) is 3.82. The van der Waals surface area contributed by atoms with Crippen LogP contribution < -0.4 is 0 Å². The second-order valence-corrected chi connectivity index (χ2v) is 2.35. The van der Waals surface area contributed by atoms with Crippen LogP contribution in [0, 0.1) is 11.3 Å². The minimum absolute atomic E-state index is 0.0292.